The van der Waals surface area contributed by atoms with E-state index in [0.29, 0.717) is 0 Å². The molecule has 0 aromatic heterocycles. The van der Waals surface area contributed by atoms with Crippen LogP contribution < -0.4 is 11.1 Å². The zero-order chi connectivity index (χ0) is 12.3. The Bertz CT molecular complexity index is 314. The lowest BCUT2D eigenvalue weighted by atomic mass is 9.84. The number of carbonyl (C=O) groups is 3. The Balaban J connectivity index is 2.67. The van der Waals surface area contributed by atoms with Gasteiger partial charge >= 0.3 is 0 Å². The molecule has 3 N–H and O–H groups in total. The standard InChI is InChI=1S/C11H18N2O3/c1-3-6(2)10-8(14)4-7(5-9(12)15)11(16)13-10/h6-7,10H,3-5H2,1-2H3,(H2,12,15)(H,13,16)/t6-,7+,10+/m0/s1. The minimum Gasteiger partial charge on any atom is -0.370 e. The number of primary amides is 1. The van der Waals surface area contributed by atoms with Crippen molar-refractivity contribution in [3.8, 4) is 0 Å². The van der Waals surface area contributed by atoms with Crippen LogP contribution in [0.2, 0.25) is 0 Å². The third-order valence-electron chi connectivity index (χ3n) is 3.12. The van der Waals surface area contributed by atoms with Gasteiger partial charge in [-0.15, -0.1) is 0 Å². The van der Waals surface area contributed by atoms with Crippen LogP contribution in [0.15, 0.2) is 0 Å². The molecule has 1 aliphatic rings. The Kier molecular flexibility index (Phi) is 4.04. The highest BCUT2D eigenvalue weighted by molar-refractivity contribution is 5.98. The van der Waals surface area contributed by atoms with Crippen molar-refractivity contribution in [3.05, 3.63) is 0 Å². The molecule has 16 heavy (non-hydrogen) atoms. The van der Waals surface area contributed by atoms with Crippen molar-refractivity contribution in [2.45, 2.75) is 39.2 Å². The van der Waals surface area contributed by atoms with Crippen molar-refractivity contribution in [1.82, 2.24) is 5.32 Å². The number of ketones is 1. The van der Waals surface area contributed by atoms with E-state index in [1.807, 2.05) is 13.8 Å². The maximum Gasteiger partial charge on any atom is 0.224 e. The van der Waals surface area contributed by atoms with E-state index in [9.17, 15) is 14.4 Å². The van der Waals surface area contributed by atoms with Crippen molar-refractivity contribution in [3.63, 3.8) is 0 Å². The highest BCUT2D eigenvalue weighted by Crippen LogP contribution is 2.21. The number of Topliss-reactive ketones (excluding diaryl/α,β-unsaturated/α-hetero) is 1. The number of hydrogen-bond acceptors (Lipinski definition) is 3. The second-order valence-corrected chi connectivity index (χ2v) is 4.41. The molecular weight excluding hydrogens is 208 g/mol. The lowest BCUT2D eigenvalue weighted by Crippen LogP contribution is -2.53. The van der Waals surface area contributed by atoms with E-state index in [1.54, 1.807) is 0 Å². The molecule has 0 aliphatic carbocycles. The van der Waals surface area contributed by atoms with Crippen molar-refractivity contribution >= 4 is 17.6 Å². The molecule has 0 radical (unpaired) electrons. The maximum atomic E-state index is 11.8. The fourth-order valence-corrected chi connectivity index (χ4v) is 1.92. The quantitative estimate of drug-likeness (QED) is 0.706. The van der Waals surface area contributed by atoms with Gasteiger partial charge in [0.05, 0.1) is 12.0 Å². The normalized spacial score (nSPS) is 27.4. The first kappa shape index (κ1) is 12.7. The van der Waals surface area contributed by atoms with Gasteiger partial charge in [0.2, 0.25) is 11.8 Å². The third-order valence-corrected chi connectivity index (χ3v) is 3.12. The number of nitrogens with one attached hydrogen (secondary N) is 1. The summed E-state index contributed by atoms with van der Waals surface area (Å²) < 4.78 is 0. The van der Waals surface area contributed by atoms with Gasteiger partial charge in [0, 0.05) is 12.8 Å². The molecule has 0 aromatic rings. The minimum absolute atomic E-state index is 0.000185. The highest BCUT2D eigenvalue weighted by atomic mass is 16.2. The predicted octanol–water partition coefficient (Wildman–Crippen LogP) is -0.0183. The van der Waals surface area contributed by atoms with E-state index in [1.165, 1.54) is 0 Å². The topological polar surface area (TPSA) is 89.3 Å². The summed E-state index contributed by atoms with van der Waals surface area (Å²) in [4.78, 5) is 34.1. The first-order chi connectivity index (χ1) is 7.45. The van der Waals surface area contributed by atoms with Crippen LogP contribution in [-0.4, -0.2) is 23.6 Å². The van der Waals surface area contributed by atoms with Crippen molar-refractivity contribution in [2.24, 2.45) is 17.6 Å². The monoisotopic (exact) mass is 226 g/mol. The summed E-state index contributed by atoms with van der Waals surface area (Å²) >= 11 is 0. The molecule has 3 atom stereocenters. The molecule has 1 rings (SSSR count). The Labute approximate surface area is 94.8 Å². The fourth-order valence-electron chi connectivity index (χ4n) is 1.92. The Morgan fingerprint density at radius 2 is 2.19 bits per heavy atom. The van der Waals surface area contributed by atoms with Gasteiger partial charge in [-0.3, -0.25) is 14.4 Å². The summed E-state index contributed by atoms with van der Waals surface area (Å²) in [6.07, 6.45) is 0.908. The summed E-state index contributed by atoms with van der Waals surface area (Å²) in [7, 11) is 0. The first-order valence-electron chi connectivity index (χ1n) is 5.57. The molecule has 0 aromatic carbocycles. The molecule has 0 bridgehead atoms. The number of carbonyl (C=O) groups excluding carboxylic acids is 3. The lowest BCUT2D eigenvalue weighted by Gasteiger charge is -2.30. The van der Waals surface area contributed by atoms with Crippen molar-refractivity contribution in [1.29, 1.82) is 0 Å². The Hall–Kier alpha value is -1.39. The molecule has 1 fully saturated rings. The van der Waals surface area contributed by atoms with E-state index >= 15 is 0 Å². The minimum atomic E-state index is -0.578. The van der Waals surface area contributed by atoms with Gasteiger partial charge in [-0.05, 0) is 5.92 Å². The summed E-state index contributed by atoms with van der Waals surface area (Å²) in [5, 5.41) is 2.68. The Morgan fingerprint density at radius 3 is 2.69 bits per heavy atom. The second kappa shape index (κ2) is 5.09. The molecule has 5 heteroatoms. The predicted molar refractivity (Wildman–Crippen MR) is 58.3 cm³/mol. The molecule has 1 heterocycles. The number of amides is 2. The molecule has 5 nitrogen and oxygen atoms in total. The first-order valence-corrected chi connectivity index (χ1v) is 5.57. The van der Waals surface area contributed by atoms with Gasteiger partial charge in [-0.25, -0.2) is 0 Å². The van der Waals surface area contributed by atoms with Crippen LogP contribution in [0.4, 0.5) is 0 Å². The zero-order valence-corrected chi connectivity index (χ0v) is 9.66. The van der Waals surface area contributed by atoms with Crippen LogP contribution in [-0.2, 0) is 14.4 Å². The average Bonchev–Trinajstić information content (AvgIpc) is 2.21. The van der Waals surface area contributed by atoms with Crippen LogP contribution in [0, 0.1) is 11.8 Å². The summed E-state index contributed by atoms with van der Waals surface area (Å²) in [6, 6.07) is -0.401. The van der Waals surface area contributed by atoms with E-state index < -0.39 is 17.9 Å². The third kappa shape index (κ3) is 2.81. The Morgan fingerprint density at radius 1 is 1.56 bits per heavy atom. The fraction of sp³-hybridized carbons (Fsp3) is 0.727. The molecule has 1 saturated heterocycles. The molecule has 1 aliphatic heterocycles. The van der Waals surface area contributed by atoms with Gasteiger partial charge in [-0.1, -0.05) is 20.3 Å². The van der Waals surface area contributed by atoms with Gasteiger partial charge in [0.1, 0.15) is 0 Å². The zero-order valence-electron chi connectivity index (χ0n) is 9.66. The van der Waals surface area contributed by atoms with Gasteiger partial charge in [0.15, 0.2) is 5.78 Å². The molecule has 0 spiro atoms. The number of hydrogen-bond donors (Lipinski definition) is 2. The second-order valence-electron chi connectivity index (χ2n) is 4.41. The van der Waals surface area contributed by atoms with E-state index in [2.05, 4.69) is 5.32 Å². The van der Waals surface area contributed by atoms with Crippen LogP contribution in [0.1, 0.15) is 33.1 Å². The van der Waals surface area contributed by atoms with Crippen molar-refractivity contribution in [2.75, 3.05) is 0 Å². The van der Waals surface area contributed by atoms with Gasteiger partial charge < -0.3 is 11.1 Å². The maximum absolute atomic E-state index is 11.8. The number of rotatable bonds is 4. The molecule has 2 amide bonds. The average molecular weight is 226 g/mol. The summed E-state index contributed by atoms with van der Waals surface area (Å²) in [5.74, 6) is -1.23. The largest absolute Gasteiger partial charge is 0.370 e. The molecular formula is C11H18N2O3. The van der Waals surface area contributed by atoms with E-state index in [-0.39, 0.29) is 30.4 Å². The summed E-state index contributed by atoms with van der Waals surface area (Å²) in [6.45, 7) is 3.90. The number of nitrogens with two attached hydrogens (primary N) is 1. The van der Waals surface area contributed by atoms with Gasteiger partial charge in [-0.2, -0.15) is 0 Å². The molecule has 0 unspecified atom stereocenters. The van der Waals surface area contributed by atoms with Crippen molar-refractivity contribution < 1.29 is 14.4 Å². The lowest BCUT2D eigenvalue weighted by molar-refractivity contribution is -0.139. The van der Waals surface area contributed by atoms with Crippen LogP contribution in [0.3, 0.4) is 0 Å². The SMILES string of the molecule is CC[C@H](C)[C@H]1NC(=O)[C@@H](CC(N)=O)CC1=O. The van der Waals surface area contributed by atoms with Crippen LogP contribution in [0.5, 0.6) is 0 Å². The highest BCUT2D eigenvalue weighted by Gasteiger charge is 2.36. The molecule has 90 valence electrons. The van der Waals surface area contributed by atoms with Crippen LogP contribution >= 0.6 is 0 Å². The number of piperidine rings is 1. The summed E-state index contributed by atoms with van der Waals surface area (Å²) in [5.41, 5.74) is 5.02. The van der Waals surface area contributed by atoms with Gasteiger partial charge in [0.25, 0.3) is 0 Å². The molecule has 0 saturated carbocycles. The smallest absolute Gasteiger partial charge is 0.224 e. The van der Waals surface area contributed by atoms with Crippen LogP contribution in [0.25, 0.3) is 0 Å². The van der Waals surface area contributed by atoms with E-state index in [4.69, 9.17) is 5.73 Å². The van der Waals surface area contributed by atoms with E-state index in [0.717, 1.165) is 6.42 Å².